The fourth-order valence-electron chi connectivity index (χ4n) is 7.84. The molecule has 0 saturated carbocycles. The van der Waals surface area contributed by atoms with Gasteiger partial charge in [0.2, 0.25) is 6.20 Å². The summed E-state index contributed by atoms with van der Waals surface area (Å²) in [6.07, 6.45) is 1.73. The van der Waals surface area contributed by atoms with Crippen LogP contribution in [0.25, 0.3) is 56.1 Å². The first-order valence-electron chi connectivity index (χ1n) is 18.7. The molecule has 0 bridgehead atoms. The summed E-state index contributed by atoms with van der Waals surface area (Å²) < 4.78 is 3.69. The predicted octanol–water partition coefficient (Wildman–Crippen LogP) is 11.5. The minimum absolute atomic E-state index is 0.0785. The maximum atomic E-state index is 11.2. The van der Waals surface area contributed by atoms with E-state index < -0.39 is 0 Å². The Labute approximate surface area is 310 Å². The maximum Gasteiger partial charge on any atom is 0.265 e. The van der Waals surface area contributed by atoms with Crippen molar-refractivity contribution in [1.29, 1.82) is 0 Å². The van der Waals surface area contributed by atoms with Gasteiger partial charge in [-0.3, -0.25) is 5.21 Å². The van der Waals surface area contributed by atoms with E-state index in [0.717, 1.165) is 61.8 Å². The molecule has 5 heteroatoms. The number of imidazole rings is 1. The van der Waals surface area contributed by atoms with Gasteiger partial charge in [0, 0.05) is 39.0 Å². The molecule has 0 spiro atoms. The van der Waals surface area contributed by atoms with Crippen molar-refractivity contribution in [3.63, 3.8) is 0 Å². The van der Waals surface area contributed by atoms with E-state index >= 15 is 0 Å². The lowest BCUT2D eigenvalue weighted by atomic mass is 9.62. The monoisotopic (exact) mass is 691 g/mol. The summed E-state index contributed by atoms with van der Waals surface area (Å²) in [5, 5.41) is 11.2. The van der Waals surface area contributed by atoms with Crippen LogP contribution < -0.4 is 4.73 Å². The molecule has 5 nitrogen and oxygen atoms in total. The second-order valence-electron chi connectivity index (χ2n) is 19.0. The first-order chi connectivity index (χ1) is 24.1. The molecular weight excluding hydrogens is 637 g/mol. The van der Waals surface area contributed by atoms with Gasteiger partial charge in [0.1, 0.15) is 5.69 Å². The Kier molecular flexibility index (Phi) is 7.96. The molecule has 0 atom stereocenters. The van der Waals surface area contributed by atoms with Crippen molar-refractivity contribution in [3.8, 4) is 45.0 Å². The van der Waals surface area contributed by atoms with Crippen molar-refractivity contribution in [2.45, 2.75) is 117 Å². The summed E-state index contributed by atoms with van der Waals surface area (Å²) in [7, 11) is 0. The zero-order valence-electron chi connectivity index (χ0n) is 33.4. The standard InChI is InChI=1S/C47H55N4O/c1-43(2,3)33-25-31(24-32(26-33)37-27-30(22-23-50(37)52)29-18-15-14-16-19-29)34-20-17-21-36-40(34)49-42-41-39(46(10,11)47(12,13)51(36)42)35(44(4,5)6)28-38(48-41)45(7,8)9/h14-28,52H,1-13H3/q+1. The molecule has 7 rings (SSSR count). The third kappa shape index (κ3) is 5.64. The van der Waals surface area contributed by atoms with Crippen LogP contribution in [-0.2, 0) is 27.2 Å². The minimum Gasteiger partial charge on any atom is -0.316 e. The number of pyridine rings is 2. The number of nitrogens with zero attached hydrogens (tertiary/aromatic N) is 4. The number of hydrogen-bond donors (Lipinski definition) is 1. The average molecular weight is 692 g/mol. The number of rotatable bonds is 3. The number of aromatic nitrogens is 4. The summed E-state index contributed by atoms with van der Waals surface area (Å²) >= 11 is 0. The Morgan fingerprint density at radius 2 is 1.31 bits per heavy atom. The van der Waals surface area contributed by atoms with Gasteiger partial charge >= 0.3 is 0 Å². The van der Waals surface area contributed by atoms with Crippen LogP contribution in [0.3, 0.4) is 0 Å². The fraction of sp³-hybridized carbons (Fsp3) is 0.383. The summed E-state index contributed by atoms with van der Waals surface area (Å²) in [6, 6.07) is 30.0. The van der Waals surface area contributed by atoms with Gasteiger partial charge in [0.05, 0.1) is 22.1 Å². The molecule has 3 aromatic heterocycles. The van der Waals surface area contributed by atoms with E-state index in [9.17, 15) is 5.21 Å². The first-order valence-corrected chi connectivity index (χ1v) is 18.7. The molecular formula is C47H55N4O+. The minimum atomic E-state index is -0.313. The highest BCUT2D eigenvalue weighted by Gasteiger charge is 2.50. The SMILES string of the molecule is CC(C)(C)c1cc(-c2cccc3c2nc2n3C(C)(C)C(C)(C)c3c(C(C)(C)C)cc(C(C)(C)C)nc3-2)cc(-c2cc(-c3ccccc3)cc[n+]2O)c1. The van der Waals surface area contributed by atoms with E-state index in [2.05, 4.69) is 155 Å². The topological polar surface area (TPSA) is 54.8 Å². The van der Waals surface area contributed by atoms with Crippen LogP contribution in [-0.4, -0.2) is 19.7 Å². The smallest absolute Gasteiger partial charge is 0.265 e. The van der Waals surface area contributed by atoms with Crippen LogP contribution in [0.15, 0.2) is 91.1 Å². The molecule has 52 heavy (non-hydrogen) atoms. The van der Waals surface area contributed by atoms with Crippen LogP contribution in [0.1, 0.15) is 112 Å². The largest absolute Gasteiger partial charge is 0.316 e. The van der Waals surface area contributed by atoms with E-state index in [0.29, 0.717) is 0 Å². The molecule has 0 amide bonds. The van der Waals surface area contributed by atoms with Crippen molar-refractivity contribution in [3.05, 3.63) is 114 Å². The summed E-state index contributed by atoms with van der Waals surface area (Å²) in [5.41, 5.74) is 13.0. The van der Waals surface area contributed by atoms with Crippen LogP contribution >= 0.6 is 0 Å². The second-order valence-corrected chi connectivity index (χ2v) is 19.0. The molecule has 1 N–H and O–H groups in total. The van der Waals surface area contributed by atoms with Crippen LogP contribution in [0.5, 0.6) is 0 Å². The number of hydrogen-bond acceptors (Lipinski definition) is 3. The molecule has 6 aromatic rings. The van der Waals surface area contributed by atoms with E-state index in [1.54, 1.807) is 6.20 Å². The number of para-hydroxylation sites is 1. The molecule has 268 valence electrons. The number of benzene rings is 3. The molecule has 0 unspecified atom stereocenters. The van der Waals surface area contributed by atoms with Gasteiger partial charge in [-0.15, -0.1) is 0 Å². The van der Waals surface area contributed by atoms with Crippen LogP contribution in [0, 0.1) is 0 Å². The van der Waals surface area contributed by atoms with Gasteiger partial charge in [0.25, 0.3) is 5.69 Å². The Morgan fingerprint density at radius 3 is 1.94 bits per heavy atom. The van der Waals surface area contributed by atoms with E-state index in [-0.39, 0.29) is 27.2 Å². The highest BCUT2D eigenvalue weighted by Crippen LogP contribution is 2.54. The maximum absolute atomic E-state index is 11.2. The molecule has 0 radical (unpaired) electrons. The Balaban J connectivity index is 1.52. The number of fused-ring (bicyclic) bond motifs is 5. The van der Waals surface area contributed by atoms with Crippen molar-refractivity contribution in [1.82, 2.24) is 14.5 Å². The highest BCUT2D eigenvalue weighted by molar-refractivity contribution is 5.96. The fourth-order valence-corrected chi connectivity index (χ4v) is 7.84. The Hall–Kier alpha value is -4.77. The zero-order chi connectivity index (χ0) is 37.8. The van der Waals surface area contributed by atoms with Crippen molar-refractivity contribution in [2.24, 2.45) is 0 Å². The van der Waals surface area contributed by atoms with Gasteiger partial charge in [-0.2, -0.15) is 0 Å². The Bertz CT molecular complexity index is 2360. The van der Waals surface area contributed by atoms with E-state index in [1.807, 2.05) is 24.3 Å². The quantitative estimate of drug-likeness (QED) is 0.148. The molecule has 1 aliphatic rings. The van der Waals surface area contributed by atoms with Gasteiger partial charge in [-0.05, 0) is 82.3 Å². The molecule has 0 aliphatic carbocycles. The highest BCUT2D eigenvalue weighted by atomic mass is 16.5. The summed E-state index contributed by atoms with van der Waals surface area (Å²) in [5.74, 6) is 0.925. The van der Waals surface area contributed by atoms with Gasteiger partial charge in [0.15, 0.2) is 5.82 Å². The van der Waals surface area contributed by atoms with Crippen molar-refractivity contribution >= 4 is 11.0 Å². The lowest BCUT2D eigenvalue weighted by Crippen LogP contribution is -2.50. The van der Waals surface area contributed by atoms with E-state index in [4.69, 9.17) is 9.97 Å². The lowest BCUT2D eigenvalue weighted by molar-refractivity contribution is -0.896. The predicted molar refractivity (Wildman–Crippen MR) is 215 cm³/mol. The van der Waals surface area contributed by atoms with Crippen LogP contribution in [0.4, 0.5) is 0 Å². The summed E-state index contributed by atoms with van der Waals surface area (Å²) in [4.78, 5) is 11.1. The third-order valence-electron chi connectivity index (χ3n) is 11.7. The molecule has 3 aromatic carbocycles. The normalized spacial score (nSPS) is 15.4. The lowest BCUT2D eigenvalue weighted by Gasteiger charge is -2.50. The van der Waals surface area contributed by atoms with Crippen molar-refractivity contribution < 1.29 is 9.94 Å². The average Bonchev–Trinajstić information content (AvgIpc) is 3.47. The van der Waals surface area contributed by atoms with Gasteiger partial charge in [-0.25, -0.2) is 9.97 Å². The van der Waals surface area contributed by atoms with Gasteiger partial charge < -0.3 is 4.57 Å². The van der Waals surface area contributed by atoms with E-state index in [1.165, 1.54) is 21.4 Å². The molecule has 4 heterocycles. The molecule has 0 fully saturated rings. The van der Waals surface area contributed by atoms with Crippen molar-refractivity contribution in [2.75, 3.05) is 0 Å². The molecule has 1 aliphatic heterocycles. The zero-order valence-corrected chi connectivity index (χ0v) is 33.4. The summed E-state index contributed by atoms with van der Waals surface area (Å²) in [6.45, 7) is 29.9. The third-order valence-corrected chi connectivity index (χ3v) is 11.7. The first kappa shape index (κ1) is 35.6. The molecule has 0 saturated heterocycles. The van der Waals surface area contributed by atoms with Gasteiger partial charge in [-0.1, -0.05) is 125 Å². The van der Waals surface area contributed by atoms with Crippen LogP contribution in [0.2, 0.25) is 0 Å². The second kappa shape index (κ2) is 11.6. The Morgan fingerprint density at radius 1 is 0.635 bits per heavy atom.